The van der Waals surface area contributed by atoms with E-state index in [1.54, 1.807) is 0 Å². The SMILES string of the molecule is NCC1(N2CCN(C3CCCC3)CC2)CCCCC1. The van der Waals surface area contributed by atoms with Gasteiger partial charge in [-0.1, -0.05) is 32.1 Å². The van der Waals surface area contributed by atoms with Crippen LogP contribution in [0.25, 0.3) is 0 Å². The molecule has 0 bridgehead atoms. The number of nitrogens with two attached hydrogens (primary N) is 1. The van der Waals surface area contributed by atoms with Crippen LogP contribution in [0.4, 0.5) is 0 Å². The van der Waals surface area contributed by atoms with Gasteiger partial charge in [0.05, 0.1) is 0 Å². The molecule has 0 aromatic carbocycles. The maximum Gasteiger partial charge on any atom is 0.0332 e. The van der Waals surface area contributed by atoms with Crippen molar-refractivity contribution in [1.82, 2.24) is 9.80 Å². The van der Waals surface area contributed by atoms with Crippen molar-refractivity contribution in [3.63, 3.8) is 0 Å². The molecule has 0 unspecified atom stereocenters. The van der Waals surface area contributed by atoms with Crippen LogP contribution in [0.15, 0.2) is 0 Å². The zero-order valence-electron chi connectivity index (χ0n) is 12.4. The lowest BCUT2D eigenvalue weighted by molar-refractivity contribution is 0.00190. The van der Waals surface area contributed by atoms with E-state index in [1.165, 1.54) is 84.0 Å². The first-order chi connectivity index (χ1) is 9.34. The summed E-state index contributed by atoms with van der Waals surface area (Å²) < 4.78 is 0. The monoisotopic (exact) mass is 265 g/mol. The van der Waals surface area contributed by atoms with Crippen LogP contribution in [-0.4, -0.2) is 54.1 Å². The fourth-order valence-electron chi connectivity index (χ4n) is 4.69. The standard InChI is InChI=1S/C16H31N3/c17-14-16(8-4-1-5-9-16)19-12-10-18(11-13-19)15-6-2-3-7-15/h15H,1-14,17H2. The van der Waals surface area contributed by atoms with Crippen LogP contribution < -0.4 is 5.73 Å². The van der Waals surface area contributed by atoms with Crippen LogP contribution in [-0.2, 0) is 0 Å². The Balaban J connectivity index is 1.56. The van der Waals surface area contributed by atoms with Crippen LogP contribution in [0, 0.1) is 0 Å². The van der Waals surface area contributed by atoms with E-state index >= 15 is 0 Å². The lowest BCUT2D eigenvalue weighted by atomic mass is 9.80. The second kappa shape index (κ2) is 6.11. The minimum absolute atomic E-state index is 0.361. The van der Waals surface area contributed by atoms with Crippen molar-refractivity contribution >= 4 is 0 Å². The van der Waals surface area contributed by atoms with Gasteiger partial charge >= 0.3 is 0 Å². The Morgan fingerprint density at radius 3 is 2.05 bits per heavy atom. The molecule has 0 spiro atoms. The van der Waals surface area contributed by atoms with Crippen LogP contribution in [0.2, 0.25) is 0 Å². The normalized spacial score (nSPS) is 30.8. The summed E-state index contributed by atoms with van der Waals surface area (Å²) in [6.45, 7) is 5.96. The summed E-state index contributed by atoms with van der Waals surface area (Å²) >= 11 is 0. The third kappa shape index (κ3) is 2.84. The fourth-order valence-corrected chi connectivity index (χ4v) is 4.69. The summed E-state index contributed by atoms with van der Waals surface area (Å²) in [6.07, 6.45) is 12.7. The van der Waals surface area contributed by atoms with Crippen LogP contribution in [0.1, 0.15) is 57.8 Å². The number of nitrogens with zero attached hydrogens (tertiary/aromatic N) is 2. The Morgan fingerprint density at radius 1 is 0.842 bits per heavy atom. The molecule has 2 saturated carbocycles. The molecule has 0 radical (unpaired) electrons. The summed E-state index contributed by atoms with van der Waals surface area (Å²) in [7, 11) is 0. The van der Waals surface area contributed by atoms with E-state index < -0.39 is 0 Å². The Hall–Kier alpha value is -0.120. The van der Waals surface area contributed by atoms with E-state index in [1.807, 2.05) is 0 Å². The molecule has 0 aromatic heterocycles. The summed E-state index contributed by atoms with van der Waals surface area (Å²) in [6, 6.07) is 0.905. The zero-order chi connectivity index (χ0) is 13.1. The second-order valence-electron chi connectivity index (χ2n) is 6.95. The Kier molecular flexibility index (Phi) is 4.45. The molecular formula is C16H31N3. The molecule has 0 aromatic rings. The van der Waals surface area contributed by atoms with Gasteiger partial charge < -0.3 is 5.73 Å². The molecule has 3 nitrogen and oxygen atoms in total. The van der Waals surface area contributed by atoms with Gasteiger partial charge in [0, 0.05) is 44.3 Å². The molecule has 1 aliphatic heterocycles. The maximum absolute atomic E-state index is 6.17. The summed E-state index contributed by atoms with van der Waals surface area (Å²) in [4.78, 5) is 5.51. The van der Waals surface area contributed by atoms with Crippen LogP contribution in [0.5, 0.6) is 0 Å². The quantitative estimate of drug-likeness (QED) is 0.849. The fraction of sp³-hybridized carbons (Fsp3) is 1.00. The van der Waals surface area contributed by atoms with Crippen LogP contribution in [0.3, 0.4) is 0 Å². The first kappa shape index (κ1) is 13.8. The van der Waals surface area contributed by atoms with Crippen molar-refractivity contribution in [2.75, 3.05) is 32.7 Å². The topological polar surface area (TPSA) is 32.5 Å². The Bertz CT molecular complexity index is 272. The second-order valence-corrected chi connectivity index (χ2v) is 6.95. The third-order valence-corrected chi connectivity index (χ3v) is 5.99. The molecule has 3 fully saturated rings. The average molecular weight is 265 g/mol. The van der Waals surface area contributed by atoms with E-state index in [-0.39, 0.29) is 0 Å². The van der Waals surface area contributed by atoms with Gasteiger partial charge in [-0.3, -0.25) is 9.80 Å². The van der Waals surface area contributed by atoms with Crippen LogP contribution >= 0.6 is 0 Å². The minimum Gasteiger partial charge on any atom is -0.329 e. The highest BCUT2D eigenvalue weighted by molar-refractivity contribution is 4.96. The summed E-state index contributed by atoms with van der Waals surface area (Å²) in [5.41, 5.74) is 6.53. The predicted molar refractivity (Wildman–Crippen MR) is 80.3 cm³/mol. The van der Waals surface area contributed by atoms with Crippen molar-refractivity contribution in [2.24, 2.45) is 5.73 Å². The molecule has 0 amide bonds. The van der Waals surface area contributed by atoms with E-state index in [0.29, 0.717) is 5.54 Å². The summed E-state index contributed by atoms with van der Waals surface area (Å²) in [5.74, 6) is 0. The highest BCUT2D eigenvalue weighted by Gasteiger charge is 2.38. The van der Waals surface area contributed by atoms with Gasteiger partial charge in [-0.05, 0) is 25.7 Å². The smallest absolute Gasteiger partial charge is 0.0332 e. The molecule has 1 heterocycles. The molecule has 3 heteroatoms. The number of hydrogen-bond acceptors (Lipinski definition) is 3. The van der Waals surface area contributed by atoms with Gasteiger partial charge in [-0.2, -0.15) is 0 Å². The molecule has 2 aliphatic carbocycles. The van der Waals surface area contributed by atoms with E-state index in [9.17, 15) is 0 Å². The highest BCUT2D eigenvalue weighted by Crippen LogP contribution is 2.34. The van der Waals surface area contributed by atoms with Crippen molar-refractivity contribution in [1.29, 1.82) is 0 Å². The lowest BCUT2D eigenvalue weighted by Gasteiger charge is -2.50. The molecule has 110 valence electrons. The zero-order valence-corrected chi connectivity index (χ0v) is 12.4. The van der Waals surface area contributed by atoms with Gasteiger partial charge in [0.15, 0.2) is 0 Å². The van der Waals surface area contributed by atoms with E-state index in [4.69, 9.17) is 5.73 Å². The largest absolute Gasteiger partial charge is 0.329 e. The minimum atomic E-state index is 0.361. The first-order valence-corrected chi connectivity index (χ1v) is 8.53. The van der Waals surface area contributed by atoms with Crippen molar-refractivity contribution in [3.8, 4) is 0 Å². The lowest BCUT2D eigenvalue weighted by Crippen LogP contribution is -2.61. The molecule has 3 rings (SSSR count). The Morgan fingerprint density at radius 2 is 1.47 bits per heavy atom. The molecular weight excluding hydrogens is 234 g/mol. The summed E-state index contributed by atoms with van der Waals surface area (Å²) in [5, 5.41) is 0. The maximum atomic E-state index is 6.17. The first-order valence-electron chi connectivity index (χ1n) is 8.53. The third-order valence-electron chi connectivity index (χ3n) is 5.99. The molecule has 3 aliphatic rings. The average Bonchev–Trinajstić information content (AvgIpc) is 3.02. The van der Waals surface area contributed by atoms with E-state index in [0.717, 1.165) is 12.6 Å². The van der Waals surface area contributed by atoms with Gasteiger partial charge in [0.25, 0.3) is 0 Å². The molecule has 1 saturated heterocycles. The van der Waals surface area contributed by atoms with Gasteiger partial charge in [-0.15, -0.1) is 0 Å². The van der Waals surface area contributed by atoms with E-state index in [2.05, 4.69) is 9.80 Å². The number of piperazine rings is 1. The van der Waals surface area contributed by atoms with Gasteiger partial charge in [0.2, 0.25) is 0 Å². The number of hydrogen-bond donors (Lipinski definition) is 1. The number of rotatable bonds is 3. The van der Waals surface area contributed by atoms with Gasteiger partial charge in [0.1, 0.15) is 0 Å². The highest BCUT2D eigenvalue weighted by atomic mass is 15.3. The van der Waals surface area contributed by atoms with Crippen molar-refractivity contribution < 1.29 is 0 Å². The van der Waals surface area contributed by atoms with Crippen molar-refractivity contribution in [3.05, 3.63) is 0 Å². The van der Waals surface area contributed by atoms with Crippen molar-refractivity contribution in [2.45, 2.75) is 69.4 Å². The predicted octanol–water partition coefficient (Wildman–Crippen LogP) is 2.21. The molecule has 2 N–H and O–H groups in total. The molecule has 19 heavy (non-hydrogen) atoms. The molecule has 0 atom stereocenters. The van der Waals surface area contributed by atoms with Gasteiger partial charge in [-0.25, -0.2) is 0 Å². The Labute approximate surface area is 118 Å².